The highest BCUT2D eigenvalue weighted by atomic mass is 32.2. The molecular formula is C16H23NO3S. The number of sulfone groups is 1. The molecule has 0 aliphatic carbocycles. The van der Waals surface area contributed by atoms with Gasteiger partial charge < -0.3 is 5.32 Å². The standard InChI is InChI=1S/C16H23NO3S/c1-4-5-11-21(19,20)14(3)16(18)17-12-13(2)15-9-7-6-8-10-15/h4-10,13-14H,11-12H2,1-3H3,(H,17,18)/b5-4+. The van der Waals surface area contributed by atoms with Gasteiger partial charge in [-0.25, -0.2) is 8.42 Å². The Morgan fingerprint density at radius 1 is 1.24 bits per heavy atom. The molecule has 2 atom stereocenters. The van der Waals surface area contributed by atoms with Crippen LogP contribution in [-0.2, 0) is 14.6 Å². The normalized spacial score (nSPS) is 14.8. The second kappa shape index (κ2) is 7.98. The summed E-state index contributed by atoms with van der Waals surface area (Å²) in [6, 6.07) is 9.80. The number of hydrogen-bond donors (Lipinski definition) is 1. The average Bonchev–Trinajstić information content (AvgIpc) is 2.50. The van der Waals surface area contributed by atoms with Crippen molar-refractivity contribution in [1.82, 2.24) is 5.32 Å². The molecule has 1 aromatic carbocycles. The molecule has 0 aliphatic rings. The SMILES string of the molecule is C/C=C/CS(=O)(=O)C(C)C(=O)NCC(C)c1ccccc1. The van der Waals surface area contributed by atoms with Crippen LogP contribution >= 0.6 is 0 Å². The zero-order valence-electron chi connectivity index (χ0n) is 12.7. The Balaban J connectivity index is 2.57. The van der Waals surface area contributed by atoms with Crippen LogP contribution in [0.5, 0.6) is 0 Å². The maximum absolute atomic E-state index is 12.0. The van der Waals surface area contributed by atoms with Crippen LogP contribution in [0.15, 0.2) is 42.5 Å². The molecule has 0 saturated carbocycles. The van der Waals surface area contributed by atoms with Crippen LogP contribution in [0.2, 0.25) is 0 Å². The largest absolute Gasteiger partial charge is 0.354 e. The first kappa shape index (κ1) is 17.4. The van der Waals surface area contributed by atoms with Gasteiger partial charge >= 0.3 is 0 Å². The Labute approximate surface area is 127 Å². The lowest BCUT2D eigenvalue weighted by atomic mass is 10.0. The van der Waals surface area contributed by atoms with Crippen LogP contribution in [0.4, 0.5) is 0 Å². The molecule has 2 unspecified atom stereocenters. The summed E-state index contributed by atoms with van der Waals surface area (Å²) in [6.45, 7) is 5.60. The van der Waals surface area contributed by atoms with E-state index in [1.165, 1.54) is 6.92 Å². The number of hydrogen-bond acceptors (Lipinski definition) is 3. The highest BCUT2D eigenvalue weighted by Gasteiger charge is 2.26. The van der Waals surface area contributed by atoms with Crippen LogP contribution < -0.4 is 5.32 Å². The number of carbonyl (C=O) groups is 1. The second-order valence-corrected chi connectivity index (χ2v) is 7.46. The molecule has 0 aliphatic heterocycles. The van der Waals surface area contributed by atoms with E-state index in [9.17, 15) is 13.2 Å². The Morgan fingerprint density at radius 3 is 2.43 bits per heavy atom. The molecular weight excluding hydrogens is 286 g/mol. The van der Waals surface area contributed by atoms with Crippen LogP contribution in [0.25, 0.3) is 0 Å². The van der Waals surface area contributed by atoms with Crippen LogP contribution in [0, 0.1) is 0 Å². The number of rotatable bonds is 7. The molecule has 0 bridgehead atoms. The van der Waals surface area contributed by atoms with Gasteiger partial charge in [0.1, 0.15) is 5.25 Å². The predicted molar refractivity (Wildman–Crippen MR) is 85.9 cm³/mol. The molecule has 4 nitrogen and oxygen atoms in total. The van der Waals surface area contributed by atoms with Gasteiger partial charge in [-0.15, -0.1) is 0 Å². The highest BCUT2D eigenvalue weighted by Crippen LogP contribution is 2.13. The molecule has 0 heterocycles. The molecule has 116 valence electrons. The van der Waals surface area contributed by atoms with Crippen molar-refractivity contribution in [3.05, 3.63) is 48.0 Å². The average molecular weight is 309 g/mol. The van der Waals surface area contributed by atoms with Crippen molar-refractivity contribution in [2.45, 2.75) is 31.9 Å². The Kier molecular flexibility index (Phi) is 6.62. The maximum atomic E-state index is 12.0. The van der Waals surface area contributed by atoms with Gasteiger partial charge in [0.05, 0.1) is 5.75 Å². The number of carbonyl (C=O) groups excluding carboxylic acids is 1. The number of benzene rings is 1. The minimum atomic E-state index is -3.43. The molecule has 0 saturated heterocycles. The lowest BCUT2D eigenvalue weighted by Gasteiger charge is -2.16. The van der Waals surface area contributed by atoms with Crippen molar-refractivity contribution in [2.24, 2.45) is 0 Å². The molecule has 0 radical (unpaired) electrons. The summed E-state index contributed by atoms with van der Waals surface area (Å²) in [6.07, 6.45) is 3.21. The Hall–Kier alpha value is -1.62. The van der Waals surface area contributed by atoms with E-state index in [0.29, 0.717) is 6.54 Å². The zero-order chi connectivity index (χ0) is 15.9. The first-order chi connectivity index (χ1) is 9.88. The molecule has 1 aromatic rings. The summed E-state index contributed by atoms with van der Waals surface area (Å²) in [5, 5.41) is 1.69. The summed E-state index contributed by atoms with van der Waals surface area (Å²) < 4.78 is 23.9. The summed E-state index contributed by atoms with van der Waals surface area (Å²) in [4.78, 5) is 12.0. The fraction of sp³-hybridized carbons (Fsp3) is 0.438. The van der Waals surface area contributed by atoms with Crippen molar-refractivity contribution >= 4 is 15.7 Å². The third-order valence-electron chi connectivity index (χ3n) is 3.42. The van der Waals surface area contributed by atoms with Gasteiger partial charge in [-0.1, -0.05) is 49.4 Å². The molecule has 0 fully saturated rings. The third kappa shape index (κ3) is 5.34. The van der Waals surface area contributed by atoms with E-state index < -0.39 is 21.0 Å². The smallest absolute Gasteiger partial charge is 0.238 e. The van der Waals surface area contributed by atoms with E-state index in [2.05, 4.69) is 5.32 Å². The van der Waals surface area contributed by atoms with Gasteiger partial charge in [0.2, 0.25) is 5.91 Å². The molecule has 1 rings (SSSR count). The molecule has 1 amide bonds. The Bertz CT molecular complexity index is 579. The van der Waals surface area contributed by atoms with Gasteiger partial charge in [-0.2, -0.15) is 0 Å². The summed E-state index contributed by atoms with van der Waals surface area (Å²) in [5.41, 5.74) is 1.11. The monoisotopic (exact) mass is 309 g/mol. The van der Waals surface area contributed by atoms with Crippen molar-refractivity contribution in [1.29, 1.82) is 0 Å². The van der Waals surface area contributed by atoms with Gasteiger partial charge in [0.25, 0.3) is 0 Å². The van der Waals surface area contributed by atoms with Crippen molar-refractivity contribution in [3.63, 3.8) is 0 Å². The lowest BCUT2D eigenvalue weighted by molar-refractivity contribution is -0.120. The van der Waals surface area contributed by atoms with E-state index in [-0.39, 0.29) is 11.7 Å². The number of amides is 1. The molecule has 1 N–H and O–H groups in total. The fourth-order valence-corrected chi connectivity index (χ4v) is 2.99. The Morgan fingerprint density at radius 2 is 1.86 bits per heavy atom. The van der Waals surface area contributed by atoms with Gasteiger partial charge in [-0.3, -0.25) is 4.79 Å². The number of nitrogens with one attached hydrogen (secondary N) is 1. The van der Waals surface area contributed by atoms with E-state index in [1.807, 2.05) is 37.3 Å². The van der Waals surface area contributed by atoms with Crippen LogP contribution in [0.3, 0.4) is 0 Å². The fourth-order valence-electron chi connectivity index (χ4n) is 1.83. The second-order valence-electron chi connectivity index (χ2n) is 5.10. The molecule has 0 aromatic heterocycles. The first-order valence-corrected chi connectivity index (χ1v) is 8.75. The van der Waals surface area contributed by atoms with Gasteiger partial charge in [-0.05, 0) is 25.3 Å². The lowest BCUT2D eigenvalue weighted by Crippen LogP contribution is -2.40. The minimum Gasteiger partial charge on any atom is -0.354 e. The first-order valence-electron chi connectivity index (χ1n) is 7.04. The van der Waals surface area contributed by atoms with Crippen molar-refractivity contribution < 1.29 is 13.2 Å². The predicted octanol–water partition coefficient (Wildman–Crippen LogP) is 2.29. The quantitative estimate of drug-likeness (QED) is 0.786. The molecule has 0 spiro atoms. The van der Waals surface area contributed by atoms with Crippen LogP contribution in [-0.4, -0.2) is 31.9 Å². The number of allylic oxidation sites excluding steroid dienone is 1. The van der Waals surface area contributed by atoms with Crippen molar-refractivity contribution in [2.75, 3.05) is 12.3 Å². The van der Waals surface area contributed by atoms with E-state index in [0.717, 1.165) is 5.56 Å². The molecule has 5 heteroatoms. The maximum Gasteiger partial charge on any atom is 0.238 e. The zero-order valence-corrected chi connectivity index (χ0v) is 13.6. The van der Waals surface area contributed by atoms with E-state index in [4.69, 9.17) is 0 Å². The topological polar surface area (TPSA) is 63.2 Å². The van der Waals surface area contributed by atoms with E-state index in [1.54, 1.807) is 19.1 Å². The minimum absolute atomic E-state index is 0.105. The summed E-state index contributed by atoms with van der Waals surface area (Å²) >= 11 is 0. The summed E-state index contributed by atoms with van der Waals surface area (Å²) in [7, 11) is -3.43. The van der Waals surface area contributed by atoms with Gasteiger partial charge in [0.15, 0.2) is 9.84 Å². The van der Waals surface area contributed by atoms with Gasteiger partial charge in [0, 0.05) is 6.54 Å². The highest BCUT2D eigenvalue weighted by molar-refractivity contribution is 7.92. The summed E-state index contributed by atoms with van der Waals surface area (Å²) in [5.74, 6) is -0.408. The molecule has 21 heavy (non-hydrogen) atoms. The van der Waals surface area contributed by atoms with Crippen LogP contribution in [0.1, 0.15) is 32.3 Å². The third-order valence-corrected chi connectivity index (χ3v) is 5.37. The van der Waals surface area contributed by atoms with Crippen molar-refractivity contribution in [3.8, 4) is 0 Å². The van der Waals surface area contributed by atoms with E-state index >= 15 is 0 Å².